The van der Waals surface area contributed by atoms with Gasteiger partial charge in [0.2, 0.25) is 0 Å². The minimum Gasteiger partial charge on any atom is -0.384 e. The lowest BCUT2D eigenvalue weighted by Gasteiger charge is -2.23. The number of rotatable bonds is 3. The highest BCUT2D eigenvalue weighted by Crippen LogP contribution is 2.21. The van der Waals surface area contributed by atoms with Gasteiger partial charge in [-0.05, 0) is 50.0 Å². The average molecular weight is 284 g/mol. The van der Waals surface area contributed by atoms with E-state index in [1.807, 2.05) is 12.1 Å². The zero-order valence-electron chi connectivity index (χ0n) is 12.6. The summed E-state index contributed by atoms with van der Waals surface area (Å²) < 4.78 is 0. The number of likely N-dealkylation sites (tertiary alicyclic amines) is 2. The first kappa shape index (κ1) is 14.6. The van der Waals surface area contributed by atoms with Crippen LogP contribution in [0, 0.1) is 11.8 Å². The van der Waals surface area contributed by atoms with Gasteiger partial charge in [-0.3, -0.25) is 9.80 Å². The maximum Gasteiger partial charge on any atom is 0.104 e. The third-order valence-corrected chi connectivity index (χ3v) is 4.58. The number of aliphatic hydroxyl groups excluding tert-OH is 1. The lowest BCUT2D eigenvalue weighted by atomic mass is 10.1. The van der Waals surface area contributed by atoms with Crippen molar-refractivity contribution in [3.05, 3.63) is 35.4 Å². The van der Waals surface area contributed by atoms with Gasteiger partial charge in [-0.25, -0.2) is 0 Å². The molecule has 1 atom stereocenters. The quantitative estimate of drug-likeness (QED) is 0.856. The Kier molecular flexibility index (Phi) is 4.92. The molecular formula is C18H24N2O. The molecule has 3 nitrogen and oxygen atoms in total. The van der Waals surface area contributed by atoms with E-state index in [1.165, 1.54) is 51.0 Å². The molecule has 0 spiro atoms. The van der Waals surface area contributed by atoms with Crippen LogP contribution in [0.3, 0.4) is 0 Å². The molecule has 21 heavy (non-hydrogen) atoms. The molecule has 2 fully saturated rings. The van der Waals surface area contributed by atoms with Crippen LogP contribution < -0.4 is 0 Å². The maximum absolute atomic E-state index is 8.70. The molecule has 1 unspecified atom stereocenters. The Hall–Kier alpha value is -1.34. The topological polar surface area (TPSA) is 26.7 Å². The lowest BCUT2D eigenvalue weighted by Crippen LogP contribution is -2.35. The van der Waals surface area contributed by atoms with Crippen molar-refractivity contribution in [2.24, 2.45) is 0 Å². The molecule has 2 heterocycles. The van der Waals surface area contributed by atoms with E-state index in [1.54, 1.807) is 0 Å². The van der Waals surface area contributed by atoms with Gasteiger partial charge >= 0.3 is 0 Å². The Labute approximate surface area is 127 Å². The molecule has 0 aromatic heterocycles. The third-order valence-electron chi connectivity index (χ3n) is 4.58. The minimum absolute atomic E-state index is 0.0760. The van der Waals surface area contributed by atoms with Crippen molar-refractivity contribution in [3.63, 3.8) is 0 Å². The summed E-state index contributed by atoms with van der Waals surface area (Å²) in [4.78, 5) is 5.24. The van der Waals surface area contributed by atoms with Crippen LogP contribution in [0.2, 0.25) is 0 Å². The molecule has 3 heteroatoms. The summed E-state index contributed by atoms with van der Waals surface area (Å²) in [5.74, 6) is 5.62. The van der Waals surface area contributed by atoms with Crippen LogP contribution in [0.25, 0.3) is 0 Å². The molecule has 1 N–H and O–H groups in total. The summed E-state index contributed by atoms with van der Waals surface area (Å²) in [7, 11) is 0. The molecule has 0 saturated carbocycles. The molecule has 3 rings (SSSR count). The Balaban J connectivity index is 1.52. The molecule has 0 amide bonds. The van der Waals surface area contributed by atoms with Crippen molar-refractivity contribution < 1.29 is 5.11 Å². The normalized spacial score (nSPS) is 23.2. The summed E-state index contributed by atoms with van der Waals surface area (Å²) in [6, 6.07) is 9.19. The first-order valence-corrected chi connectivity index (χ1v) is 8.00. The zero-order valence-corrected chi connectivity index (χ0v) is 12.6. The lowest BCUT2D eigenvalue weighted by molar-refractivity contribution is 0.230. The molecule has 0 radical (unpaired) electrons. The maximum atomic E-state index is 8.70. The average Bonchev–Trinajstić information content (AvgIpc) is 3.17. The first-order chi connectivity index (χ1) is 10.3. The monoisotopic (exact) mass is 284 g/mol. The molecule has 112 valence electrons. The van der Waals surface area contributed by atoms with Crippen molar-refractivity contribution in [2.45, 2.75) is 31.8 Å². The Morgan fingerprint density at radius 1 is 1.10 bits per heavy atom. The van der Waals surface area contributed by atoms with Gasteiger partial charge in [-0.15, -0.1) is 0 Å². The van der Waals surface area contributed by atoms with E-state index in [9.17, 15) is 0 Å². The standard InChI is InChI=1S/C18H24N2O/c21-13-3-4-16-5-7-17(8-6-16)14-19-12-9-18(15-19)20-10-1-2-11-20/h5-8,18,21H,1-2,9-15H2. The van der Waals surface area contributed by atoms with Gasteiger partial charge in [0.1, 0.15) is 6.61 Å². The molecule has 0 aliphatic carbocycles. The molecular weight excluding hydrogens is 260 g/mol. The second-order valence-corrected chi connectivity index (χ2v) is 6.08. The van der Waals surface area contributed by atoms with Gasteiger partial charge in [0, 0.05) is 31.2 Å². The Bertz CT molecular complexity index is 508. The highest BCUT2D eigenvalue weighted by Gasteiger charge is 2.28. The number of hydrogen-bond acceptors (Lipinski definition) is 3. The van der Waals surface area contributed by atoms with Crippen molar-refractivity contribution >= 4 is 0 Å². The smallest absolute Gasteiger partial charge is 0.104 e. The number of nitrogens with zero attached hydrogens (tertiary/aromatic N) is 2. The van der Waals surface area contributed by atoms with E-state index in [-0.39, 0.29) is 6.61 Å². The molecule has 0 bridgehead atoms. The SMILES string of the molecule is OCC#Cc1ccc(CN2CCC(N3CCCC3)C2)cc1. The van der Waals surface area contributed by atoms with Crippen molar-refractivity contribution in [2.75, 3.05) is 32.8 Å². The zero-order chi connectivity index (χ0) is 14.5. The largest absolute Gasteiger partial charge is 0.384 e. The van der Waals surface area contributed by atoms with Crippen molar-refractivity contribution in [1.82, 2.24) is 9.80 Å². The van der Waals surface area contributed by atoms with E-state index in [2.05, 4.69) is 33.8 Å². The first-order valence-electron chi connectivity index (χ1n) is 8.00. The van der Waals surface area contributed by atoms with Crippen molar-refractivity contribution in [1.29, 1.82) is 0 Å². The van der Waals surface area contributed by atoms with E-state index in [0.717, 1.165) is 18.2 Å². The third kappa shape index (κ3) is 3.85. The number of hydrogen-bond donors (Lipinski definition) is 1. The van der Waals surface area contributed by atoms with Gasteiger partial charge in [0.25, 0.3) is 0 Å². The molecule has 1 aromatic rings. The second-order valence-electron chi connectivity index (χ2n) is 6.08. The predicted octanol–water partition coefficient (Wildman–Crippen LogP) is 1.70. The van der Waals surface area contributed by atoms with Crippen molar-refractivity contribution in [3.8, 4) is 11.8 Å². The van der Waals surface area contributed by atoms with Crippen LogP contribution in [0.1, 0.15) is 30.4 Å². The molecule has 2 saturated heterocycles. The summed E-state index contributed by atoms with van der Waals surface area (Å²) in [6.07, 6.45) is 4.08. The fraction of sp³-hybridized carbons (Fsp3) is 0.556. The van der Waals surface area contributed by atoms with Gasteiger partial charge in [-0.1, -0.05) is 24.0 Å². The summed E-state index contributed by atoms with van der Waals surface area (Å²) in [6.45, 7) is 6.00. The number of benzene rings is 1. The van der Waals surface area contributed by atoms with Crippen LogP contribution >= 0.6 is 0 Å². The van der Waals surface area contributed by atoms with Crippen LogP contribution in [-0.4, -0.2) is 53.7 Å². The minimum atomic E-state index is -0.0760. The molecule has 1 aromatic carbocycles. The summed E-state index contributed by atoms with van der Waals surface area (Å²) >= 11 is 0. The summed E-state index contributed by atoms with van der Waals surface area (Å²) in [5.41, 5.74) is 2.33. The Morgan fingerprint density at radius 2 is 1.86 bits per heavy atom. The molecule has 2 aliphatic heterocycles. The van der Waals surface area contributed by atoms with Gasteiger partial charge in [0.05, 0.1) is 0 Å². The van der Waals surface area contributed by atoms with Crippen LogP contribution in [0.15, 0.2) is 24.3 Å². The van der Waals surface area contributed by atoms with Crippen LogP contribution in [-0.2, 0) is 6.54 Å². The van der Waals surface area contributed by atoms with E-state index in [0.29, 0.717) is 0 Å². The predicted molar refractivity (Wildman–Crippen MR) is 84.9 cm³/mol. The highest BCUT2D eigenvalue weighted by atomic mass is 16.2. The van der Waals surface area contributed by atoms with Gasteiger partial charge in [0.15, 0.2) is 0 Å². The van der Waals surface area contributed by atoms with E-state index < -0.39 is 0 Å². The van der Waals surface area contributed by atoms with Gasteiger partial charge in [-0.2, -0.15) is 0 Å². The number of aliphatic hydroxyl groups is 1. The summed E-state index contributed by atoms with van der Waals surface area (Å²) in [5, 5.41) is 8.70. The Morgan fingerprint density at radius 3 is 2.57 bits per heavy atom. The highest BCUT2D eigenvalue weighted by molar-refractivity contribution is 5.36. The molecule has 2 aliphatic rings. The second kappa shape index (κ2) is 7.09. The fourth-order valence-corrected chi connectivity index (χ4v) is 3.45. The van der Waals surface area contributed by atoms with Gasteiger partial charge < -0.3 is 5.11 Å². The fourth-order valence-electron chi connectivity index (χ4n) is 3.45. The van der Waals surface area contributed by atoms with Crippen LogP contribution in [0.4, 0.5) is 0 Å². The van der Waals surface area contributed by atoms with Crippen LogP contribution in [0.5, 0.6) is 0 Å². The van der Waals surface area contributed by atoms with E-state index >= 15 is 0 Å². The van der Waals surface area contributed by atoms with E-state index in [4.69, 9.17) is 5.11 Å².